The number of hydrogen-bond donors (Lipinski definition) is 1. The van der Waals surface area contributed by atoms with Gasteiger partial charge in [0, 0.05) is 19.7 Å². The zero-order valence-corrected chi connectivity index (χ0v) is 12.1. The molecule has 2 amide bonds. The first kappa shape index (κ1) is 15.8. The molecule has 19 heavy (non-hydrogen) atoms. The molecule has 3 atom stereocenters. The van der Waals surface area contributed by atoms with Gasteiger partial charge in [0.2, 0.25) is 5.91 Å². The van der Waals surface area contributed by atoms with Gasteiger partial charge in [0.25, 0.3) is 0 Å². The number of rotatable bonds is 5. The molecule has 0 spiro atoms. The Balaban J connectivity index is 2.78. The molecule has 1 saturated heterocycles. The molecule has 1 aliphatic rings. The molecule has 1 unspecified atom stereocenters. The number of likely N-dealkylation sites (tertiary alicyclic amines) is 1. The Kier molecular flexibility index (Phi) is 6.08. The van der Waals surface area contributed by atoms with Crippen LogP contribution in [0.4, 0.5) is 4.79 Å². The summed E-state index contributed by atoms with van der Waals surface area (Å²) in [5, 5.41) is 2.56. The van der Waals surface area contributed by atoms with Gasteiger partial charge in [-0.05, 0) is 26.2 Å². The van der Waals surface area contributed by atoms with Crippen LogP contribution in [-0.4, -0.2) is 55.9 Å². The van der Waals surface area contributed by atoms with Crippen molar-refractivity contribution in [1.82, 2.24) is 10.2 Å². The lowest BCUT2D eigenvalue weighted by Gasteiger charge is -2.30. The van der Waals surface area contributed by atoms with Crippen molar-refractivity contribution in [2.75, 3.05) is 20.8 Å². The molecule has 0 aromatic rings. The average molecular weight is 272 g/mol. The lowest BCUT2D eigenvalue weighted by Crippen LogP contribution is -2.55. The number of hydrogen-bond acceptors (Lipinski definition) is 4. The summed E-state index contributed by atoms with van der Waals surface area (Å²) in [6, 6.07) is -0.442. The summed E-state index contributed by atoms with van der Waals surface area (Å²) >= 11 is 0. The monoisotopic (exact) mass is 272 g/mol. The van der Waals surface area contributed by atoms with Gasteiger partial charge in [-0.1, -0.05) is 6.92 Å². The second-order valence-electron chi connectivity index (χ2n) is 4.79. The maximum absolute atomic E-state index is 12.5. The molecule has 1 rings (SSSR count). The molecule has 0 bridgehead atoms. The number of amides is 2. The first-order valence-corrected chi connectivity index (χ1v) is 6.72. The van der Waals surface area contributed by atoms with E-state index in [-0.39, 0.29) is 11.9 Å². The molecular formula is C13H24N2O4. The van der Waals surface area contributed by atoms with Crippen LogP contribution >= 0.6 is 0 Å². The fraction of sp³-hybridized carbons (Fsp3) is 0.846. The van der Waals surface area contributed by atoms with Crippen LogP contribution in [0.25, 0.3) is 0 Å². The first-order valence-electron chi connectivity index (χ1n) is 6.72. The van der Waals surface area contributed by atoms with Gasteiger partial charge < -0.3 is 19.7 Å². The molecule has 0 aromatic carbocycles. The summed E-state index contributed by atoms with van der Waals surface area (Å²) in [4.78, 5) is 25.7. The predicted octanol–water partition coefficient (Wildman–Crippen LogP) is 1.15. The van der Waals surface area contributed by atoms with Crippen LogP contribution in [-0.2, 0) is 14.3 Å². The summed E-state index contributed by atoms with van der Waals surface area (Å²) in [5.41, 5.74) is 0. The lowest BCUT2D eigenvalue weighted by atomic mass is 10.1. The highest BCUT2D eigenvalue weighted by atomic mass is 16.5. The molecule has 110 valence electrons. The quantitative estimate of drug-likeness (QED) is 0.815. The van der Waals surface area contributed by atoms with Crippen LogP contribution in [0.15, 0.2) is 0 Å². The molecule has 0 radical (unpaired) electrons. The topological polar surface area (TPSA) is 67.9 Å². The fourth-order valence-corrected chi connectivity index (χ4v) is 2.43. The van der Waals surface area contributed by atoms with Crippen molar-refractivity contribution >= 4 is 12.0 Å². The smallest absolute Gasteiger partial charge is 0.407 e. The van der Waals surface area contributed by atoms with E-state index in [0.29, 0.717) is 0 Å². The van der Waals surface area contributed by atoms with Gasteiger partial charge in [0.1, 0.15) is 6.04 Å². The van der Waals surface area contributed by atoms with Crippen molar-refractivity contribution in [1.29, 1.82) is 0 Å². The number of carbonyl (C=O) groups is 2. The minimum absolute atomic E-state index is 0.0934. The summed E-state index contributed by atoms with van der Waals surface area (Å²) in [5.74, 6) is -0.0934. The highest BCUT2D eigenvalue weighted by Crippen LogP contribution is 2.21. The van der Waals surface area contributed by atoms with Gasteiger partial charge >= 0.3 is 6.09 Å². The maximum atomic E-state index is 12.5. The molecular weight excluding hydrogens is 248 g/mol. The van der Waals surface area contributed by atoms with Gasteiger partial charge in [-0.3, -0.25) is 4.79 Å². The van der Waals surface area contributed by atoms with E-state index < -0.39 is 18.2 Å². The number of ether oxygens (including phenoxy) is 2. The average Bonchev–Trinajstić information content (AvgIpc) is 2.91. The minimum atomic E-state index is -0.704. The number of nitrogens with one attached hydrogen (secondary N) is 1. The van der Waals surface area contributed by atoms with Crippen molar-refractivity contribution in [3.8, 4) is 0 Å². The highest BCUT2D eigenvalue weighted by molar-refractivity contribution is 5.86. The zero-order chi connectivity index (χ0) is 14.4. The van der Waals surface area contributed by atoms with Crippen molar-refractivity contribution in [2.45, 2.75) is 51.3 Å². The van der Waals surface area contributed by atoms with E-state index in [1.807, 2.05) is 4.90 Å². The van der Waals surface area contributed by atoms with Crippen LogP contribution in [0.2, 0.25) is 0 Å². The van der Waals surface area contributed by atoms with Crippen LogP contribution in [0.1, 0.15) is 33.1 Å². The summed E-state index contributed by atoms with van der Waals surface area (Å²) < 4.78 is 9.75. The van der Waals surface area contributed by atoms with E-state index in [9.17, 15) is 9.59 Å². The molecule has 0 aromatic heterocycles. The highest BCUT2D eigenvalue weighted by Gasteiger charge is 2.36. The van der Waals surface area contributed by atoms with E-state index in [1.165, 1.54) is 14.2 Å². The van der Waals surface area contributed by atoms with Crippen LogP contribution in [0, 0.1) is 0 Å². The van der Waals surface area contributed by atoms with Gasteiger partial charge in [-0.25, -0.2) is 4.79 Å². The second kappa shape index (κ2) is 7.33. The number of carbonyl (C=O) groups excluding carboxylic acids is 2. The molecule has 1 heterocycles. The van der Waals surface area contributed by atoms with E-state index >= 15 is 0 Å². The van der Waals surface area contributed by atoms with E-state index in [1.54, 1.807) is 6.92 Å². The molecule has 0 saturated carbocycles. The predicted molar refractivity (Wildman–Crippen MR) is 70.8 cm³/mol. The van der Waals surface area contributed by atoms with Crippen LogP contribution in [0.5, 0.6) is 0 Å². The molecule has 1 N–H and O–H groups in total. The van der Waals surface area contributed by atoms with E-state index in [4.69, 9.17) is 4.74 Å². The van der Waals surface area contributed by atoms with Gasteiger partial charge in [-0.2, -0.15) is 0 Å². The lowest BCUT2D eigenvalue weighted by molar-refractivity contribution is -0.137. The Bertz CT molecular complexity index is 322. The van der Waals surface area contributed by atoms with E-state index in [2.05, 4.69) is 17.0 Å². The van der Waals surface area contributed by atoms with Crippen LogP contribution < -0.4 is 5.32 Å². The normalized spacial score (nSPS) is 21.9. The van der Waals surface area contributed by atoms with Gasteiger partial charge in [0.05, 0.1) is 13.2 Å². The Morgan fingerprint density at radius 2 is 2.11 bits per heavy atom. The number of nitrogens with zero attached hydrogens (tertiary/aromatic N) is 1. The number of methoxy groups -OCH3 is 2. The maximum Gasteiger partial charge on any atom is 0.407 e. The third-order valence-electron chi connectivity index (χ3n) is 3.70. The van der Waals surface area contributed by atoms with Crippen molar-refractivity contribution in [3.05, 3.63) is 0 Å². The Hall–Kier alpha value is -1.30. The molecule has 6 heteroatoms. The van der Waals surface area contributed by atoms with Gasteiger partial charge in [0.15, 0.2) is 0 Å². The largest absolute Gasteiger partial charge is 0.453 e. The summed E-state index contributed by atoms with van der Waals surface area (Å²) in [7, 11) is 2.80. The third kappa shape index (κ3) is 3.83. The molecule has 6 nitrogen and oxygen atoms in total. The minimum Gasteiger partial charge on any atom is -0.453 e. The Morgan fingerprint density at radius 3 is 2.63 bits per heavy atom. The summed E-state index contributed by atoms with van der Waals surface area (Å²) in [6.07, 6.45) is 1.95. The Labute approximate surface area is 114 Å². The van der Waals surface area contributed by atoms with Crippen molar-refractivity contribution < 1.29 is 19.1 Å². The van der Waals surface area contributed by atoms with Crippen LogP contribution in [0.3, 0.4) is 0 Å². The fourth-order valence-electron chi connectivity index (χ4n) is 2.43. The number of alkyl carbamates (subject to hydrolysis) is 1. The second-order valence-corrected chi connectivity index (χ2v) is 4.79. The van der Waals surface area contributed by atoms with E-state index in [0.717, 1.165) is 25.8 Å². The Morgan fingerprint density at radius 1 is 1.42 bits per heavy atom. The molecule has 1 fully saturated rings. The van der Waals surface area contributed by atoms with Crippen molar-refractivity contribution in [3.63, 3.8) is 0 Å². The van der Waals surface area contributed by atoms with Gasteiger partial charge in [-0.15, -0.1) is 0 Å². The van der Waals surface area contributed by atoms with Crippen molar-refractivity contribution in [2.24, 2.45) is 0 Å². The first-order chi connectivity index (χ1) is 9.04. The molecule has 1 aliphatic heterocycles. The zero-order valence-electron chi connectivity index (χ0n) is 12.1. The third-order valence-corrected chi connectivity index (χ3v) is 3.70. The SMILES string of the molecule is CCC1CCCN1C(=O)[C@@H](NC(=O)OC)[C@@H](C)OC. The standard InChI is InChI=1S/C13H24N2O4/c1-5-10-7-6-8-15(10)12(16)11(9(2)18-3)14-13(17)19-4/h9-11H,5-8H2,1-4H3,(H,14,17)/t9-,10?,11+/m1/s1. The molecule has 0 aliphatic carbocycles. The summed E-state index contributed by atoms with van der Waals surface area (Å²) in [6.45, 7) is 4.57.